The highest BCUT2D eigenvalue weighted by Crippen LogP contribution is 2.16. The number of carbonyl (C=O) groups excluding carboxylic acids is 1. The number of ether oxygens (including phenoxy) is 1. The summed E-state index contributed by atoms with van der Waals surface area (Å²) in [6.45, 7) is 2.08. The maximum Gasteiger partial charge on any atom is 0.248 e. The van der Waals surface area contributed by atoms with Gasteiger partial charge < -0.3 is 15.0 Å². The maximum absolute atomic E-state index is 12.1. The van der Waals surface area contributed by atoms with E-state index in [0.717, 1.165) is 31.5 Å². The molecule has 1 atom stereocenters. The van der Waals surface area contributed by atoms with Crippen molar-refractivity contribution in [2.75, 3.05) is 26.7 Å². The number of likely N-dealkylation sites (N-methyl/N-ethyl adjacent to an activating group) is 1. The number of amides is 1. The van der Waals surface area contributed by atoms with Crippen LogP contribution in [-0.2, 0) is 16.1 Å². The maximum atomic E-state index is 12.1. The number of nitrogens with zero attached hydrogens (tertiary/aromatic N) is 1. The zero-order valence-electron chi connectivity index (χ0n) is 11.8. The van der Waals surface area contributed by atoms with Crippen molar-refractivity contribution in [2.24, 2.45) is 0 Å². The van der Waals surface area contributed by atoms with Crippen LogP contribution < -0.4 is 5.32 Å². The molecule has 1 heterocycles. The largest absolute Gasteiger partial charge is 0.367 e. The average molecular weight is 297 g/mol. The molecule has 1 aliphatic rings. The molecule has 1 aromatic carbocycles. The van der Waals surface area contributed by atoms with Crippen LogP contribution in [0.5, 0.6) is 0 Å². The third kappa shape index (κ3) is 4.20. The molecule has 0 spiro atoms. The summed E-state index contributed by atoms with van der Waals surface area (Å²) in [7, 11) is 1.94. The van der Waals surface area contributed by atoms with Crippen molar-refractivity contribution in [1.82, 2.24) is 10.2 Å². The molecular weight excluding hydrogens is 276 g/mol. The van der Waals surface area contributed by atoms with Gasteiger partial charge in [0, 0.05) is 24.2 Å². The van der Waals surface area contributed by atoms with Crippen LogP contribution in [0.4, 0.5) is 0 Å². The quantitative estimate of drug-likeness (QED) is 0.904. The zero-order chi connectivity index (χ0) is 14.4. The van der Waals surface area contributed by atoms with Crippen LogP contribution in [0.1, 0.15) is 18.4 Å². The number of nitrogens with one attached hydrogen (secondary N) is 1. The lowest BCUT2D eigenvalue weighted by Gasteiger charge is -2.32. The Morgan fingerprint density at radius 3 is 3.05 bits per heavy atom. The van der Waals surface area contributed by atoms with Crippen molar-refractivity contribution in [2.45, 2.75) is 25.5 Å². The molecule has 2 rings (SSSR count). The predicted octanol–water partition coefficient (Wildman–Crippen LogP) is 2.07. The second-order valence-corrected chi connectivity index (χ2v) is 5.46. The number of halogens is 1. The van der Waals surface area contributed by atoms with Gasteiger partial charge in [-0.05, 0) is 31.5 Å². The Morgan fingerprint density at radius 2 is 2.30 bits per heavy atom. The molecule has 1 amide bonds. The van der Waals surface area contributed by atoms with E-state index in [2.05, 4.69) is 5.32 Å². The monoisotopic (exact) mass is 296 g/mol. The Morgan fingerprint density at radius 1 is 1.50 bits per heavy atom. The summed E-state index contributed by atoms with van der Waals surface area (Å²) in [6, 6.07) is 7.92. The Labute approximate surface area is 125 Å². The lowest BCUT2D eigenvalue weighted by Crippen LogP contribution is -2.48. The summed E-state index contributed by atoms with van der Waals surface area (Å²) < 4.78 is 5.49. The molecule has 0 bridgehead atoms. The van der Waals surface area contributed by atoms with Crippen molar-refractivity contribution in [3.8, 4) is 0 Å². The third-order valence-electron chi connectivity index (χ3n) is 3.62. The second-order valence-electron chi connectivity index (χ2n) is 5.05. The van der Waals surface area contributed by atoms with Crippen molar-refractivity contribution >= 4 is 17.5 Å². The van der Waals surface area contributed by atoms with Crippen molar-refractivity contribution in [3.63, 3.8) is 0 Å². The van der Waals surface area contributed by atoms with E-state index in [-0.39, 0.29) is 12.5 Å². The van der Waals surface area contributed by atoms with Crippen LogP contribution in [0.25, 0.3) is 0 Å². The molecule has 0 aromatic heterocycles. The van der Waals surface area contributed by atoms with Crippen molar-refractivity contribution < 1.29 is 9.53 Å². The molecule has 0 aliphatic carbocycles. The van der Waals surface area contributed by atoms with E-state index in [0.29, 0.717) is 17.7 Å². The molecular formula is C15H21ClN2O2. The van der Waals surface area contributed by atoms with Crippen LogP contribution in [0, 0.1) is 0 Å². The van der Waals surface area contributed by atoms with Gasteiger partial charge in [-0.25, -0.2) is 0 Å². The second kappa shape index (κ2) is 7.62. The number of carbonyl (C=O) groups is 1. The van der Waals surface area contributed by atoms with Gasteiger partial charge in [0.25, 0.3) is 0 Å². The smallest absolute Gasteiger partial charge is 0.248 e. The summed E-state index contributed by atoms with van der Waals surface area (Å²) in [5.41, 5.74) is 0.911. The highest BCUT2D eigenvalue weighted by molar-refractivity contribution is 6.31. The first kappa shape index (κ1) is 15.3. The lowest BCUT2D eigenvalue weighted by atomic mass is 10.1. The van der Waals surface area contributed by atoms with Gasteiger partial charge in [-0.2, -0.15) is 0 Å². The van der Waals surface area contributed by atoms with Crippen LogP contribution in [-0.4, -0.2) is 43.6 Å². The van der Waals surface area contributed by atoms with E-state index in [9.17, 15) is 4.79 Å². The minimum absolute atomic E-state index is 0.0528. The highest BCUT2D eigenvalue weighted by Gasteiger charge is 2.22. The molecule has 1 fully saturated rings. The fourth-order valence-corrected chi connectivity index (χ4v) is 2.58. The van der Waals surface area contributed by atoms with Crippen molar-refractivity contribution in [3.05, 3.63) is 34.9 Å². The van der Waals surface area contributed by atoms with E-state index in [4.69, 9.17) is 16.3 Å². The number of hydrogen-bond acceptors (Lipinski definition) is 3. The third-order valence-corrected chi connectivity index (χ3v) is 3.99. The molecule has 0 saturated carbocycles. The van der Waals surface area contributed by atoms with Crippen molar-refractivity contribution in [1.29, 1.82) is 0 Å². The van der Waals surface area contributed by atoms with Gasteiger partial charge in [0.05, 0.1) is 6.61 Å². The molecule has 20 heavy (non-hydrogen) atoms. The van der Waals surface area contributed by atoms with Crippen LogP contribution in [0.2, 0.25) is 5.02 Å². The normalized spacial score (nSPS) is 19.1. The minimum atomic E-state index is 0.0528. The molecule has 110 valence electrons. The molecule has 4 nitrogen and oxygen atoms in total. The molecule has 0 unspecified atom stereocenters. The Balaban J connectivity index is 1.76. The number of likely N-dealkylation sites (tertiary alicyclic amines) is 1. The van der Waals surface area contributed by atoms with Crippen LogP contribution >= 0.6 is 11.6 Å². The molecule has 1 N–H and O–H groups in total. The van der Waals surface area contributed by atoms with Gasteiger partial charge in [-0.1, -0.05) is 29.8 Å². The fraction of sp³-hybridized carbons (Fsp3) is 0.533. The molecule has 5 heteroatoms. The van der Waals surface area contributed by atoms with E-state index in [1.165, 1.54) is 0 Å². The van der Waals surface area contributed by atoms with E-state index in [1.807, 2.05) is 36.2 Å². The molecule has 1 aromatic rings. The summed E-state index contributed by atoms with van der Waals surface area (Å²) in [6.07, 6.45) is 2.17. The van der Waals surface area contributed by atoms with Gasteiger partial charge in [0.15, 0.2) is 0 Å². The average Bonchev–Trinajstić information content (AvgIpc) is 2.49. The van der Waals surface area contributed by atoms with Gasteiger partial charge in [0.1, 0.15) is 6.61 Å². The summed E-state index contributed by atoms with van der Waals surface area (Å²) in [4.78, 5) is 13.9. The topological polar surface area (TPSA) is 41.6 Å². The van der Waals surface area contributed by atoms with E-state index in [1.54, 1.807) is 0 Å². The van der Waals surface area contributed by atoms with E-state index < -0.39 is 0 Å². The number of rotatable bonds is 5. The summed E-state index contributed by atoms with van der Waals surface area (Å²) >= 11 is 6.04. The zero-order valence-corrected chi connectivity index (χ0v) is 12.5. The van der Waals surface area contributed by atoms with Crippen LogP contribution in [0.3, 0.4) is 0 Å². The van der Waals surface area contributed by atoms with Gasteiger partial charge in [-0.15, -0.1) is 0 Å². The highest BCUT2D eigenvalue weighted by atomic mass is 35.5. The summed E-state index contributed by atoms with van der Waals surface area (Å²) in [5, 5.41) is 3.90. The number of piperidine rings is 1. The van der Waals surface area contributed by atoms with Gasteiger partial charge >= 0.3 is 0 Å². The Hall–Kier alpha value is -1.10. The standard InChI is InChI=1S/C15H21ClN2O2/c1-17-13-6-4-8-18(9-13)15(19)11-20-10-12-5-2-3-7-14(12)16/h2-3,5,7,13,17H,4,6,8-11H2,1H3/t13-/m1/s1. The van der Waals surface area contributed by atoms with Gasteiger partial charge in [0.2, 0.25) is 5.91 Å². The first-order chi connectivity index (χ1) is 9.70. The molecule has 1 saturated heterocycles. The Bertz CT molecular complexity index is 453. The predicted molar refractivity (Wildman–Crippen MR) is 79.8 cm³/mol. The lowest BCUT2D eigenvalue weighted by molar-refractivity contribution is -0.137. The minimum Gasteiger partial charge on any atom is -0.367 e. The molecule has 1 aliphatic heterocycles. The fourth-order valence-electron chi connectivity index (χ4n) is 2.39. The Kier molecular flexibility index (Phi) is 5.83. The first-order valence-electron chi connectivity index (χ1n) is 6.97. The molecule has 0 radical (unpaired) electrons. The van der Waals surface area contributed by atoms with Crippen LogP contribution in [0.15, 0.2) is 24.3 Å². The van der Waals surface area contributed by atoms with E-state index >= 15 is 0 Å². The first-order valence-corrected chi connectivity index (χ1v) is 7.34. The SMILES string of the molecule is CN[C@@H]1CCCN(C(=O)COCc2ccccc2Cl)C1. The number of hydrogen-bond donors (Lipinski definition) is 1. The number of benzene rings is 1. The summed E-state index contributed by atoms with van der Waals surface area (Å²) in [5.74, 6) is 0.0528. The van der Waals surface area contributed by atoms with Gasteiger partial charge in [-0.3, -0.25) is 4.79 Å².